The Balaban J connectivity index is 1.40. The lowest BCUT2D eigenvalue weighted by Crippen LogP contribution is -2.32. The first kappa shape index (κ1) is 25.4. The van der Waals surface area contributed by atoms with Crippen LogP contribution in [0.15, 0.2) is 85.1 Å². The van der Waals surface area contributed by atoms with Crippen LogP contribution >= 0.6 is 0 Å². The summed E-state index contributed by atoms with van der Waals surface area (Å²) in [5, 5.41) is 9.70. The molecular formula is C25H21F3N6O3. The van der Waals surface area contributed by atoms with E-state index in [4.69, 9.17) is 20.6 Å². The molecule has 37 heavy (non-hydrogen) atoms. The number of benzene rings is 2. The number of nitrogens with zero attached hydrogens (tertiary/aromatic N) is 3. The Labute approximate surface area is 208 Å². The van der Waals surface area contributed by atoms with Crippen molar-refractivity contribution in [2.75, 3.05) is 0 Å². The third kappa shape index (κ3) is 6.70. The van der Waals surface area contributed by atoms with E-state index in [9.17, 15) is 18.0 Å². The Morgan fingerprint density at radius 2 is 1.86 bits per heavy atom. The van der Waals surface area contributed by atoms with Gasteiger partial charge in [-0.3, -0.25) is 15.3 Å². The Bertz CT molecular complexity index is 1450. The number of hydrogen-bond acceptors (Lipinski definition) is 7. The fourth-order valence-corrected chi connectivity index (χ4v) is 3.30. The molecule has 4 N–H and O–H groups in total. The minimum Gasteiger partial charge on any atom is -0.439 e. The van der Waals surface area contributed by atoms with Crippen molar-refractivity contribution in [3.8, 4) is 11.6 Å². The fourth-order valence-electron chi connectivity index (χ4n) is 3.30. The molecule has 2 aromatic heterocycles. The SMILES string of the molecule is N=C(/C=C(\N)NC(=O)n1ccc2cc(Oc3cc(COCc4ccccc4)ncn3)ccc21)C(F)(F)F. The average Bonchev–Trinajstić information content (AvgIpc) is 3.28. The van der Waals surface area contributed by atoms with E-state index in [-0.39, 0.29) is 6.61 Å². The number of nitrogens with two attached hydrogens (primary N) is 1. The molecule has 0 radical (unpaired) electrons. The molecule has 0 saturated carbocycles. The molecule has 0 unspecified atom stereocenters. The van der Waals surface area contributed by atoms with Crippen LogP contribution < -0.4 is 15.8 Å². The molecule has 0 aliphatic carbocycles. The zero-order valence-corrected chi connectivity index (χ0v) is 19.2. The number of aromatic nitrogens is 3. The molecule has 4 aromatic rings. The maximum atomic E-state index is 12.5. The van der Waals surface area contributed by atoms with Gasteiger partial charge in [0.05, 0.1) is 24.4 Å². The van der Waals surface area contributed by atoms with Crippen LogP contribution in [0.1, 0.15) is 11.3 Å². The topological polar surface area (TPSA) is 128 Å². The molecule has 0 aliphatic rings. The van der Waals surface area contributed by atoms with Crippen LogP contribution in [-0.4, -0.2) is 32.5 Å². The summed E-state index contributed by atoms with van der Waals surface area (Å²) in [5.41, 5.74) is 5.89. The van der Waals surface area contributed by atoms with Crippen molar-refractivity contribution < 1.29 is 27.4 Å². The minimum absolute atomic E-state index is 0.269. The smallest absolute Gasteiger partial charge is 0.432 e. The number of fused-ring (bicyclic) bond motifs is 1. The highest BCUT2D eigenvalue weighted by Crippen LogP contribution is 2.26. The molecule has 0 spiro atoms. The highest BCUT2D eigenvalue weighted by atomic mass is 19.4. The van der Waals surface area contributed by atoms with Gasteiger partial charge in [0, 0.05) is 23.7 Å². The normalized spacial score (nSPS) is 11.9. The molecule has 2 aromatic carbocycles. The number of rotatable bonds is 8. The number of amides is 1. The highest BCUT2D eigenvalue weighted by Gasteiger charge is 2.33. The van der Waals surface area contributed by atoms with E-state index in [1.165, 1.54) is 17.1 Å². The molecule has 12 heteroatoms. The molecule has 0 bridgehead atoms. The van der Waals surface area contributed by atoms with Crippen LogP contribution in [0.2, 0.25) is 0 Å². The van der Waals surface area contributed by atoms with Crippen LogP contribution in [0.5, 0.6) is 11.6 Å². The van der Waals surface area contributed by atoms with Crippen LogP contribution in [0, 0.1) is 5.41 Å². The van der Waals surface area contributed by atoms with Gasteiger partial charge < -0.3 is 15.2 Å². The Morgan fingerprint density at radius 3 is 2.62 bits per heavy atom. The van der Waals surface area contributed by atoms with Crippen molar-refractivity contribution in [1.82, 2.24) is 19.9 Å². The van der Waals surface area contributed by atoms with Gasteiger partial charge in [0.1, 0.15) is 23.6 Å². The van der Waals surface area contributed by atoms with E-state index in [1.807, 2.05) is 30.3 Å². The van der Waals surface area contributed by atoms with Crippen LogP contribution in [0.25, 0.3) is 10.9 Å². The molecule has 190 valence electrons. The Kier molecular flexibility index (Phi) is 7.49. The Hall–Kier alpha value is -4.71. The standard InChI is InChI=1S/C25H21F3N6O3/c26-25(27,28)21(29)12-22(30)33-24(35)34-9-8-17-10-19(6-7-20(17)34)37-23-11-18(31-15-32-23)14-36-13-16-4-2-1-3-5-16/h1-12,15,29H,13-14,30H2,(H,33,35)/b22-12+,29-21?. The molecule has 0 saturated heterocycles. The van der Waals surface area contributed by atoms with E-state index >= 15 is 0 Å². The average molecular weight is 510 g/mol. The molecular weight excluding hydrogens is 489 g/mol. The molecule has 0 atom stereocenters. The monoisotopic (exact) mass is 510 g/mol. The zero-order chi connectivity index (χ0) is 26.4. The van der Waals surface area contributed by atoms with E-state index in [0.717, 1.165) is 5.56 Å². The molecule has 9 nitrogen and oxygen atoms in total. The number of ether oxygens (including phenoxy) is 2. The first-order chi connectivity index (χ1) is 17.7. The van der Waals surface area contributed by atoms with Gasteiger partial charge in [-0.05, 0) is 29.8 Å². The minimum atomic E-state index is -4.87. The zero-order valence-electron chi connectivity index (χ0n) is 19.2. The first-order valence-corrected chi connectivity index (χ1v) is 10.8. The summed E-state index contributed by atoms with van der Waals surface area (Å²) in [7, 11) is 0. The van der Waals surface area contributed by atoms with Gasteiger partial charge >= 0.3 is 12.2 Å². The van der Waals surface area contributed by atoms with Crippen molar-refractivity contribution in [2.45, 2.75) is 19.4 Å². The molecule has 1 amide bonds. The van der Waals surface area contributed by atoms with Crippen molar-refractivity contribution >= 4 is 22.6 Å². The van der Waals surface area contributed by atoms with E-state index in [2.05, 4.69) is 15.3 Å². The maximum Gasteiger partial charge on any atom is 0.432 e. The number of alkyl halides is 3. The van der Waals surface area contributed by atoms with E-state index in [1.54, 1.807) is 30.3 Å². The van der Waals surface area contributed by atoms with Crippen LogP contribution in [0.4, 0.5) is 18.0 Å². The third-order valence-electron chi connectivity index (χ3n) is 5.02. The van der Waals surface area contributed by atoms with Crippen LogP contribution in [0.3, 0.4) is 0 Å². The second-order valence-corrected chi connectivity index (χ2v) is 7.78. The van der Waals surface area contributed by atoms with Gasteiger partial charge in [-0.25, -0.2) is 14.8 Å². The second-order valence-electron chi connectivity index (χ2n) is 7.78. The van der Waals surface area contributed by atoms with Gasteiger partial charge in [0.25, 0.3) is 0 Å². The lowest BCUT2D eigenvalue weighted by Gasteiger charge is -2.10. The fraction of sp³-hybridized carbons (Fsp3) is 0.120. The number of allylic oxidation sites excluding steroid dienone is 1. The van der Waals surface area contributed by atoms with E-state index < -0.39 is 23.7 Å². The van der Waals surface area contributed by atoms with Gasteiger partial charge in [-0.15, -0.1) is 0 Å². The summed E-state index contributed by atoms with van der Waals surface area (Å²) in [6.07, 6.45) is -1.74. The predicted molar refractivity (Wildman–Crippen MR) is 129 cm³/mol. The number of carbonyl (C=O) groups is 1. The van der Waals surface area contributed by atoms with E-state index in [0.29, 0.717) is 40.9 Å². The number of nitrogens with one attached hydrogen (secondary N) is 2. The lowest BCUT2D eigenvalue weighted by atomic mass is 10.2. The van der Waals surface area contributed by atoms with Crippen molar-refractivity contribution in [2.24, 2.45) is 5.73 Å². The molecule has 4 rings (SSSR count). The highest BCUT2D eigenvalue weighted by molar-refractivity contribution is 5.98. The van der Waals surface area contributed by atoms with Gasteiger partial charge in [0.2, 0.25) is 5.88 Å². The summed E-state index contributed by atoms with van der Waals surface area (Å²) in [6.45, 7) is 0.708. The van der Waals surface area contributed by atoms with Crippen molar-refractivity contribution in [3.05, 3.63) is 96.3 Å². The quantitative estimate of drug-likeness (QED) is 0.290. The summed E-state index contributed by atoms with van der Waals surface area (Å²) in [5.74, 6) is 0.134. The summed E-state index contributed by atoms with van der Waals surface area (Å²) in [4.78, 5) is 20.8. The third-order valence-corrected chi connectivity index (χ3v) is 5.02. The summed E-state index contributed by atoms with van der Waals surface area (Å²) < 4.78 is 50.2. The van der Waals surface area contributed by atoms with Gasteiger partial charge in [0.15, 0.2) is 0 Å². The van der Waals surface area contributed by atoms with Gasteiger partial charge in [-0.2, -0.15) is 13.2 Å². The summed E-state index contributed by atoms with van der Waals surface area (Å²) >= 11 is 0. The predicted octanol–water partition coefficient (Wildman–Crippen LogP) is 4.88. The number of hydrogen-bond donors (Lipinski definition) is 3. The number of halogens is 3. The molecule has 0 fully saturated rings. The molecule has 0 aliphatic heterocycles. The maximum absolute atomic E-state index is 12.5. The lowest BCUT2D eigenvalue weighted by molar-refractivity contribution is -0.0584. The molecule has 2 heterocycles. The summed E-state index contributed by atoms with van der Waals surface area (Å²) in [6, 6.07) is 17.1. The van der Waals surface area contributed by atoms with Crippen LogP contribution in [-0.2, 0) is 18.0 Å². The number of carbonyl (C=O) groups excluding carboxylic acids is 1. The Morgan fingerprint density at radius 1 is 1.08 bits per heavy atom. The second kappa shape index (κ2) is 10.9. The van der Waals surface area contributed by atoms with Gasteiger partial charge in [-0.1, -0.05) is 30.3 Å². The van der Waals surface area contributed by atoms with Crippen molar-refractivity contribution in [3.63, 3.8) is 0 Å². The first-order valence-electron chi connectivity index (χ1n) is 10.8. The van der Waals surface area contributed by atoms with Crippen molar-refractivity contribution in [1.29, 1.82) is 5.41 Å². The largest absolute Gasteiger partial charge is 0.439 e.